The molecular weight excluding hydrogens is 274 g/mol. The molecule has 1 aliphatic rings. The molecule has 114 valence electrons. The van der Waals surface area contributed by atoms with Gasteiger partial charge in [0.25, 0.3) is 11.6 Å². The fourth-order valence-corrected chi connectivity index (χ4v) is 2.15. The quantitative estimate of drug-likeness (QED) is 0.621. The van der Waals surface area contributed by atoms with Gasteiger partial charge in [-0.2, -0.15) is 0 Å². The molecule has 0 spiro atoms. The van der Waals surface area contributed by atoms with Crippen LogP contribution in [0.2, 0.25) is 0 Å². The van der Waals surface area contributed by atoms with Crippen molar-refractivity contribution in [3.05, 3.63) is 33.9 Å². The third-order valence-electron chi connectivity index (χ3n) is 3.47. The van der Waals surface area contributed by atoms with Gasteiger partial charge in [-0.15, -0.1) is 0 Å². The van der Waals surface area contributed by atoms with E-state index in [1.807, 2.05) is 12.1 Å². The van der Waals surface area contributed by atoms with Crippen molar-refractivity contribution in [1.29, 1.82) is 0 Å². The second kappa shape index (κ2) is 6.51. The Morgan fingerprint density at radius 2 is 1.95 bits per heavy atom. The summed E-state index contributed by atoms with van der Waals surface area (Å²) in [5, 5.41) is 15.6. The molecule has 0 aliphatic carbocycles. The summed E-state index contributed by atoms with van der Waals surface area (Å²) in [7, 11) is 3.53. The molecule has 1 aliphatic heterocycles. The number of benzene rings is 1. The summed E-state index contributed by atoms with van der Waals surface area (Å²) in [6, 6.07) is 4.43. The van der Waals surface area contributed by atoms with Crippen molar-refractivity contribution in [2.45, 2.75) is 0 Å². The Labute approximate surface area is 122 Å². The Morgan fingerprint density at radius 1 is 1.29 bits per heavy atom. The second-order valence-corrected chi connectivity index (χ2v) is 4.97. The molecule has 0 saturated carbocycles. The zero-order valence-electron chi connectivity index (χ0n) is 12.1. The molecule has 1 amide bonds. The van der Waals surface area contributed by atoms with Crippen molar-refractivity contribution >= 4 is 17.3 Å². The molecular formula is C13H19N5O3. The highest BCUT2D eigenvalue weighted by Gasteiger charge is 2.20. The van der Waals surface area contributed by atoms with E-state index in [-0.39, 0.29) is 17.2 Å². The first-order valence-corrected chi connectivity index (χ1v) is 6.72. The van der Waals surface area contributed by atoms with E-state index in [9.17, 15) is 14.9 Å². The van der Waals surface area contributed by atoms with Gasteiger partial charge in [0, 0.05) is 44.9 Å². The number of anilines is 1. The summed E-state index contributed by atoms with van der Waals surface area (Å²) in [6.45, 7) is 3.37. The smallest absolute Gasteiger partial charge is 0.294 e. The van der Waals surface area contributed by atoms with Gasteiger partial charge >= 0.3 is 0 Å². The Bertz CT molecular complexity index is 541. The highest BCUT2D eigenvalue weighted by atomic mass is 16.6. The first-order chi connectivity index (χ1) is 10.0. The SMILES string of the molecule is CNC(=O)c1ccc(NN2CCN(C)CC2)c([N+](=O)[O-])c1. The van der Waals surface area contributed by atoms with Gasteiger partial charge in [-0.1, -0.05) is 0 Å². The summed E-state index contributed by atoms with van der Waals surface area (Å²) in [6.07, 6.45) is 0. The van der Waals surface area contributed by atoms with Crippen LogP contribution in [-0.2, 0) is 0 Å². The number of amides is 1. The number of piperazine rings is 1. The lowest BCUT2D eigenvalue weighted by Gasteiger charge is -2.32. The molecule has 21 heavy (non-hydrogen) atoms. The molecule has 1 saturated heterocycles. The van der Waals surface area contributed by atoms with E-state index >= 15 is 0 Å². The van der Waals surface area contributed by atoms with Crippen LogP contribution in [0.15, 0.2) is 18.2 Å². The van der Waals surface area contributed by atoms with E-state index in [0.29, 0.717) is 5.69 Å². The number of hydrazine groups is 1. The number of hydrogen-bond acceptors (Lipinski definition) is 6. The lowest BCUT2D eigenvalue weighted by molar-refractivity contribution is -0.384. The highest BCUT2D eigenvalue weighted by molar-refractivity contribution is 5.95. The second-order valence-electron chi connectivity index (χ2n) is 4.97. The van der Waals surface area contributed by atoms with Crippen molar-refractivity contribution in [1.82, 2.24) is 15.2 Å². The van der Waals surface area contributed by atoms with Gasteiger partial charge < -0.3 is 15.6 Å². The molecule has 1 fully saturated rings. The molecule has 0 bridgehead atoms. The molecule has 0 radical (unpaired) electrons. The van der Waals surface area contributed by atoms with Crippen LogP contribution in [0.4, 0.5) is 11.4 Å². The number of carbonyl (C=O) groups is 1. The minimum atomic E-state index is -0.481. The molecule has 0 atom stereocenters. The van der Waals surface area contributed by atoms with Crippen LogP contribution in [0.1, 0.15) is 10.4 Å². The maximum atomic E-state index is 11.6. The van der Waals surface area contributed by atoms with Crippen molar-refractivity contribution in [3.8, 4) is 0 Å². The van der Waals surface area contributed by atoms with Crippen molar-refractivity contribution < 1.29 is 9.72 Å². The standard InChI is InChI=1S/C13H19N5O3/c1-14-13(19)10-3-4-11(12(9-10)18(20)21)15-17-7-5-16(2)6-8-17/h3-4,9,15H,5-8H2,1-2H3,(H,14,19). The van der Waals surface area contributed by atoms with Gasteiger partial charge in [-0.05, 0) is 19.2 Å². The average molecular weight is 293 g/mol. The number of nitro benzene ring substituents is 1. The molecule has 1 aromatic carbocycles. The highest BCUT2D eigenvalue weighted by Crippen LogP contribution is 2.26. The largest absolute Gasteiger partial charge is 0.355 e. The summed E-state index contributed by atoms with van der Waals surface area (Å²) in [4.78, 5) is 24.5. The maximum absolute atomic E-state index is 11.6. The van der Waals surface area contributed by atoms with Crippen LogP contribution in [0, 0.1) is 10.1 Å². The monoisotopic (exact) mass is 293 g/mol. The average Bonchev–Trinajstić information content (AvgIpc) is 2.49. The van der Waals surface area contributed by atoms with Crippen molar-refractivity contribution in [3.63, 3.8) is 0 Å². The van der Waals surface area contributed by atoms with Gasteiger partial charge in [-0.25, -0.2) is 5.01 Å². The molecule has 8 nitrogen and oxygen atoms in total. The molecule has 2 rings (SSSR count). The predicted octanol–water partition coefficient (Wildman–Crippen LogP) is 0.529. The van der Waals surface area contributed by atoms with Gasteiger partial charge in [0.05, 0.1) is 4.92 Å². The third-order valence-corrected chi connectivity index (χ3v) is 3.47. The van der Waals surface area contributed by atoms with Crippen molar-refractivity contribution in [2.75, 3.05) is 45.7 Å². The van der Waals surface area contributed by atoms with Crippen LogP contribution in [-0.4, -0.2) is 61.0 Å². The number of likely N-dealkylation sites (N-methyl/N-ethyl adjacent to an activating group) is 1. The van der Waals surface area contributed by atoms with E-state index in [1.54, 1.807) is 12.1 Å². The molecule has 0 unspecified atom stereocenters. The predicted molar refractivity (Wildman–Crippen MR) is 79.2 cm³/mol. The van der Waals surface area contributed by atoms with E-state index in [4.69, 9.17) is 0 Å². The summed E-state index contributed by atoms with van der Waals surface area (Å²) >= 11 is 0. The van der Waals surface area contributed by atoms with Gasteiger partial charge in [-0.3, -0.25) is 14.9 Å². The Hall–Kier alpha value is -2.19. The number of nitro groups is 1. The number of hydrogen-bond donors (Lipinski definition) is 2. The lowest BCUT2D eigenvalue weighted by Crippen LogP contribution is -2.47. The van der Waals surface area contributed by atoms with Crippen LogP contribution in [0.3, 0.4) is 0 Å². The number of nitrogens with one attached hydrogen (secondary N) is 2. The molecule has 8 heteroatoms. The molecule has 1 heterocycles. The zero-order valence-corrected chi connectivity index (χ0v) is 12.1. The molecule has 0 aromatic heterocycles. The van der Waals surface area contributed by atoms with Crippen LogP contribution < -0.4 is 10.7 Å². The summed E-state index contributed by atoms with van der Waals surface area (Å²) < 4.78 is 0. The Kier molecular flexibility index (Phi) is 4.71. The Balaban J connectivity index is 2.18. The fourth-order valence-electron chi connectivity index (χ4n) is 2.15. The first kappa shape index (κ1) is 15.2. The first-order valence-electron chi connectivity index (χ1n) is 6.72. The maximum Gasteiger partial charge on any atom is 0.294 e. The van der Waals surface area contributed by atoms with Crippen molar-refractivity contribution in [2.24, 2.45) is 0 Å². The number of nitrogens with zero attached hydrogens (tertiary/aromatic N) is 3. The number of carbonyl (C=O) groups excluding carboxylic acids is 1. The van der Waals surface area contributed by atoms with E-state index in [0.717, 1.165) is 26.2 Å². The third kappa shape index (κ3) is 3.67. The summed E-state index contributed by atoms with van der Waals surface area (Å²) in [5.74, 6) is -0.343. The zero-order chi connectivity index (χ0) is 15.4. The minimum absolute atomic E-state index is 0.102. The fraction of sp³-hybridized carbons (Fsp3) is 0.462. The van der Waals surface area contributed by atoms with Gasteiger partial charge in [0.15, 0.2) is 0 Å². The summed E-state index contributed by atoms with van der Waals surface area (Å²) in [5.41, 5.74) is 3.64. The Morgan fingerprint density at radius 3 is 2.52 bits per heavy atom. The topological polar surface area (TPSA) is 90.8 Å². The van der Waals surface area contributed by atoms with Gasteiger partial charge in [0.2, 0.25) is 0 Å². The molecule has 2 N–H and O–H groups in total. The van der Waals surface area contributed by atoms with Gasteiger partial charge in [0.1, 0.15) is 5.69 Å². The minimum Gasteiger partial charge on any atom is -0.355 e. The van der Waals surface area contributed by atoms with E-state index in [2.05, 4.69) is 15.6 Å². The van der Waals surface area contributed by atoms with Crippen LogP contribution in [0.5, 0.6) is 0 Å². The van der Waals surface area contributed by atoms with Crippen LogP contribution >= 0.6 is 0 Å². The van der Waals surface area contributed by atoms with E-state index < -0.39 is 4.92 Å². The normalized spacial score (nSPS) is 16.5. The van der Waals surface area contributed by atoms with Crippen LogP contribution in [0.25, 0.3) is 0 Å². The van der Waals surface area contributed by atoms with E-state index in [1.165, 1.54) is 13.1 Å². The molecule has 1 aromatic rings. The number of rotatable bonds is 4. The lowest BCUT2D eigenvalue weighted by atomic mass is 10.1.